The van der Waals surface area contributed by atoms with Crippen molar-refractivity contribution in [3.63, 3.8) is 0 Å². The Labute approximate surface area is 130 Å². The SMILES string of the molecule is CC(C)N1CCN(C2(CN)C3CC4CC(C3)CC2C4)CC1. The number of rotatable bonds is 3. The zero-order valence-electron chi connectivity index (χ0n) is 13.9. The van der Waals surface area contributed by atoms with Crippen molar-refractivity contribution < 1.29 is 0 Å². The Morgan fingerprint density at radius 3 is 1.86 bits per heavy atom. The first kappa shape index (κ1) is 14.5. The molecule has 4 saturated carbocycles. The molecule has 0 atom stereocenters. The average molecular weight is 291 g/mol. The van der Waals surface area contributed by atoms with Crippen molar-refractivity contribution in [2.45, 2.75) is 57.5 Å². The fourth-order valence-electron chi connectivity index (χ4n) is 6.63. The van der Waals surface area contributed by atoms with Crippen LogP contribution in [-0.2, 0) is 0 Å². The lowest BCUT2D eigenvalue weighted by atomic mass is 9.48. The molecule has 5 fully saturated rings. The summed E-state index contributed by atoms with van der Waals surface area (Å²) < 4.78 is 0. The van der Waals surface area contributed by atoms with Crippen LogP contribution in [0.3, 0.4) is 0 Å². The van der Waals surface area contributed by atoms with Crippen LogP contribution < -0.4 is 5.73 Å². The predicted octanol–water partition coefficient (Wildman–Crippen LogP) is 2.17. The summed E-state index contributed by atoms with van der Waals surface area (Å²) in [5, 5.41) is 0. The molecule has 2 N–H and O–H groups in total. The minimum absolute atomic E-state index is 0.372. The molecule has 5 aliphatic rings. The summed E-state index contributed by atoms with van der Waals surface area (Å²) >= 11 is 0. The maximum absolute atomic E-state index is 6.46. The van der Waals surface area contributed by atoms with Gasteiger partial charge >= 0.3 is 0 Å². The quantitative estimate of drug-likeness (QED) is 0.865. The zero-order chi connectivity index (χ0) is 14.6. The standard InChI is InChI=1S/C18H33N3/c1-13(2)20-3-5-21(6-4-20)18(12-19)16-8-14-7-15(10-16)11-17(18)9-14/h13-17H,3-12,19H2,1-2H3. The summed E-state index contributed by atoms with van der Waals surface area (Å²) in [6.07, 6.45) is 7.46. The molecule has 1 heterocycles. The van der Waals surface area contributed by atoms with Gasteiger partial charge in [0.25, 0.3) is 0 Å². The fourth-order valence-corrected chi connectivity index (χ4v) is 6.63. The molecule has 120 valence electrons. The van der Waals surface area contributed by atoms with E-state index in [1.165, 1.54) is 58.3 Å². The van der Waals surface area contributed by atoms with Crippen molar-refractivity contribution in [3.05, 3.63) is 0 Å². The summed E-state index contributed by atoms with van der Waals surface area (Å²) in [5.74, 6) is 3.90. The van der Waals surface area contributed by atoms with Crippen molar-refractivity contribution >= 4 is 0 Å². The molecule has 0 spiro atoms. The van der Waals surface area contributed by atoms with Crippen LogP contribution in [0.5, 0.6) is 0 Å². The zero-order valence-corrected chi connectivity index (χ0v) is 13.9. The van der Waals surface area contributed by atoms with Crippen LogP contribution in [0.2, 0.25) is 0 Å². The van der Waals surface area contributed by atoms with Gasteiger partial charge < -0.3 is 5.73 Å². The normalized spacial score (nSPS) is 47.4. The first-order chi connectivity index (χ1) is 10.1. The van der Waals surface area contributed by atoms with Crippen LogP contribution in [0.15, 0.2) is 0 Å². The predicted molar refractivity (Wildman–Crippen MR) is 87.1 cm³/mol. The molecule has 3 nitrogen and oxygen atoms in total. The molecule has 0 aromatic carbocycles. The number of hydrogen-bond donors (Lipinski definition) is 1. The van der Waals surface area contributed by atoms with E-state index in [1.807, 2.05) is 0 Å². The van der Waals surface area contributed by atoms with Gasteiger partial charge in [-0.2, -0.15) is 0 Å². The molecular weight excluding hydrogens is 258 g/mol. The number of nitrogens with zero attached hydrogens (tertiary/aromatic N) is 2. The highest BCUT2D eigenvalue weighted by atomic mass is 15.3. The average Bonchev–Trinajstić information content (AvgIpc) is 2.47. The molecule has 3 heteroatoms. The van der Waals surface area contributed by atoms with Gasteiger partial charge in [0.2, 0.25) is 0 Å². The molecule has 4 bridgehead atoms. The second-order valence-electron chi connectivity index (χ2n) is 8.62. The number of hydrogen-bond acceptors (Lipinski definition) is 3. The molecule has 1 aliphatic heterocycles. The first-order valence-corrected chi connectivity index (χ1v) is 9.32. The minimum atomic E-state index is 0.372. The highest BCUT2D eigenvalue weighted by molar-refractivity contribution is 5.13. The van der Waals surface area contributed by atoms with Gasteiger partial charge in [0.1, 0.15) is 0 Å². The van der Waals surface area contributed by atoms with Gasteiger partial charge in [-0.15, -0.1) is 0 Å². The van der Waals surface area contributed by atoms with Crippen LogP contribution in [0.4, 0.5) is 0 Å². The third kappa shape index (κ3) is 2.11. The third-order valence-electron chi connectivity index (χ3n) is 7.51. The van der Waals surface area contributed by atoms with E-state index in [2.05, 4.69) is 23.6 Å². The van der Waals surface area contributed by atoms with E-state index in [0.29, 0.717) is 11.6 Å². The van der Waals surface area contributed by atoms with Crippen LogP contribution in [0, 0.1) is 23.7 Å². The van der Waals surface area contributed by atoms with E-state index in [-0.39, 0.29) is 0 Å². The van der Waals surface area contributed by atoms with Crippen molar-refractivity contribution in [2.24, 2.45) is 29.4 Å². The molecule has 0 aromatic heterocycles. The number of piperazine rings is 1. The lowest BCUT2D eigenvalue weighted by molar-refractivity contribution is -0.141. The molecule has 0 radical (unpaired) electrons. The maximum atomic E-state index is 6.46. The Morgan fingerprint density at radius 2 is 1.43 bits per heavy atom. The monoisotopic (exact) mass is 291 g/mol. The molecule has 0 amide bonds. The molecule has 0 aromatic rings. The van der Waals surface area contributed by atoms with Crippen molar-refractivity contribution in [1.82, 2.24) is 9.80 Å². The Morgan fingerprint density at radius 1 is 0.905 bits per heavy atom. The minimum Gasteiger partial charge on any atom is -0.329 e. The smallest absolute Gasteiger partial charge is 0.0389 e. The van der Waals surface area contributed by atoms with Crippen LogP contribution in [0.1, 0.15) is 46.0 Å². The third-order valence-corrected chi connectivity index (χ3v) is 7.51. The van der Waals surface area contributed by atoms with E-state index in [1.54, 1.807) is 0 Å². The Hall–Kier alpha value is -0.120. The Bertz CT molecular complexity index is 356. The molecule has 21 heavy (non-hydrogen) atoms. The van der Waals surface area contributed by atoms with E-state index in [4.69, 9.17) is 5.73 Å². The summed E-state index contributed by atoms with van der Waals surface area (Å²) in [5.41, 5.74) is 6.83. The van der Waals surface area contributed by atoms with Gasteiger partial charge in [0.15, 0.2) is 0 Å². The molecule has 4 aliphatic carbocycles. The van der Waals surface area contributed by atoms with Gasteiger partial charge in [0, 0.05) is 44.3 Å². The Balaban J connectivity index is 1.54. The van der Waals surface area contributed by atoms with E-state index in [0.717, 1.165) is 30.2 Å². The van der Waals surface area contributed by atoms with E-state index in [9.17, 15) is 0 Å². The second kappa shape index (κ2) is 5.21. The van der Waals surface area contributed by atoms with Gasteiger partial charge in [0.05, 0.1) is 0 Å². The summed E-state index contributed by atoms with van der Waals surface area (Å²) in [6.45, 7) is 10.5. The van der Waals surface area contributed by atoms with Crippen LogP contribution in [0.25, 0.3) is 0 Å². The van der Waals surface area contributed by atoms with Gasteiger partial charge in [-0.1, -0.05) is 0 Å². The molecule has 0 unspecified atom stereocenters. The molecule has 1 saturated heterocycles. The van der Waals surface area contributed by atoms with Gasteiger partial charge in [-0.25, -0.2) is 0 Å². The first-order valence-electron chi connectivity index (χ1n) is 9.32. The fraction of sp³-hybridized carbons (Fsp3) is 1.00. The largest absolute Gasteiger partial charge is 0.329 e. The maximum Gasteiger partial charge on any atom is 0.0389 e. The molecule has 5 rings (SSSR count). The van der Waals surface area contributed by atoms with Gasteiger partial charge in [-0.05, 0) is 69.6 Å². The van der Waals surface area contributed by atoms with E-state index < -0.39 is 0 Å². The van der Waals surface area contributed by atoms with E-state index >= 15 is 0 Å². The van der Waals surface area contributed by atoms with Crippen LogP contribution >= 0.6 is 0 Å². The highest BCUT2D eigenvalue weighted by Crippen LogP contribution is 2.59. The van der Waals surface area contributed by atoms with Crippen molar-refractivity contribution in [2.75, 3.05) is 32.7 Å². The van der Waals surface area contributed by atoms with Crippen molar-refractivity contribution in [1.29, 1.82) is 0 Å². The van der Waals surface area contributed by atoms with Crippen molar-refractivity contribution in [3.8, 4) is 0 Å². The summed E-state index contributed by atoms with van der Waals surface area (Å²) in [4.78, 5) is 5.48. The van der Waals surface area contributed by atoms with Gasteiger partial charge in [-0.3, -0.25) is 9.80 Å². The lowest BCUT2D eigenvalue weighted by Crippen LogP contribution is -2.71. The lowest BCUT2D eigenvalue weighted by Gasteiger charge is -2.65. The second-order valence-corrected chi connectivity index (χ2v) is 8.62. The molecular formula is C18H33N3. The summed E-state index contributed by atoms with van der Waals surface area (Å²) in [6, 6.07) is 0.694. The number of nitrogens with two attached hydrogens (primary N) is 1. The Kier molecular flexibility index (Phi) is 3.59. The topological polar surface area (TPSA) is 32.5 Å². The van der Waals surface area contributed by atoms with Crippen LogP contribution in [-0.4, -0.2) is 54.1 Å². The highest BCUT2D eigenvalue weighted by Gasteiger charge is 2.58. The summed E-state index contributed by atoms with van der Waals surface area (Å²) in [7, 11) is 0.